The van der Waals surface area contributed by atoms with E-state index in [0.29, 0.717) is 6.42 Å². The second kappa shape index (κ2) is 7.75. The number of aliphatic hydroxyl groups excluding tert-OH is 1. The zero-order valence-corrected chi connectivity index (χ0v) is 18.1. The summed E-state index contributed by atoms with van der Waals surface area (Å²) in [7, 11) is -2.81. The predicted molar refractivity (Wildman–Crippen MR) is 116 cm³/mol. The Hall–Kier alpha value is -2.88. The Kier molecular flexibility index (Phi) is 5.27. The molecule has 0 fully saturated rings. The van der Waals surface area contributed by atoms with Crippen LogP contribution in [0.2, 0.25) is 4.34 Å². The Bertz CT molecular complexity index is 1270. The summed E-state index contributed by atoms with van der Waals surface area (Å²) in [6.45, 7) is 0. The van der Waals surface area contributed by atoms with E-state index >= 15 is 0 Å². The van der Waals surface area contributed by atoms with Crippen molar-refractivity contribution < 1.29 is 18.3 Å². The number of fused-ring (bicyclic) bond motifs is 1. The van der Waals surface area contributed by atoms with Crippen LogP contribution in [-0.4, -0.2) is 35.8 Å². The van der Waals surface area contributed by atoms with Gasteiger partial charge >= 0.3 is 0 Å². The molecule has 1 aromatic carbocycles. The number of hydrogen-bond acceptors (Lipinski definition) is 6. The molecule has 2 N–H and O–H groups in total. The molecule has 3 aromatic rings. The molecule has 7 nitrogen and oxygen atoms in total. The van der Waals surface area contributed by atoms with Crippen molar-refractivity contribution in [3.63, 3.8) is 0 Å². The van der Waals surface area contributed by atoms with Gasteiger partial charge in [-0.2, -0.15) is 0 Å². The summed E-state index contributed by atoms with van der Waals surface area (Å²) in [4.78, 5) is 17.2. The molecule has 2 aromatic heterocycles. The van der Waals surface area contributed by atoms with E-state index < -0.39 is 27.4 Å². The van der Waals surface area contributed by atoms with Crippen LogP contribution in [0.25, 0.3) is 5.76 Å². The molecule has 0 radical (unpaired) electrons. The lowest BCUT2D eigenvalue weighted by Crippen LogP contribution is -2.36. The number of rotatable bonds is 4. The molecule has 30 heavy (non-hydrogen) atoms. The third-order valence-corrected chi connectivity index (χ3v) is 7.73. The maximum atomic E-state index is 12.9. The van der Waals surface area contributed by atoms with E-state index in [4.69, 9.17) is 11.6 Å². The molecule has 154 valence electrons. The van der Waals surface area contributed by atoms with Crippen LogP contribution in [0.15, 0.2) is 65.2 Å². The van der Waals surface area contributed by atoms with Gasteiger partial charge in [0.25, 0.3) is 15.9 Å². The van der Waals surface area contributed by atoms with E-state index in [0.717, 1.165) is 26.9 Å². The van der Waals surface area contributed by atoms with Crippen LogP contribution in [0.4, 0.5) is 5.82 Å². The highest BCUT2D eigenvalue weighted by Gasteiger charge is 2.39. The fourth-order valence-corrected chi connectivity index (χ4v) is 6.05. The standard InChI is InChI=1S/C20H16ClN3O4S2/c1-24-17(18(25)19-14(30(24,27)28)11-15(21)29-19)20(26)23-16-9-5-8-13(22-16)10-12-6-3-2-4-7-12/h2-9,11,25H,10H2,1H3,(H,22,23,26). The van der Waals surface area contributed by atoms with Crippen LogP contribution >= 0.6 is 22.9 Å². The molecular weight excluding hydrogens is 446 g/mol. The van der Waals surface area contributed by atoms with Gasteiger partial charge in [-0.1, -0.05) is 48.0 Å². The molecule has 0 aliphatic carbocycles. The zero-order valence-electron chi connectivity index (χ0n) is 15.7. The van der Waals surface area contributed by atoms with Crippen LogP contribution < -0.4 is 5.32 Å². The third-order valence-electron chi connectivity index (χ3n) is 4.55. The van der Waals surface area contributed by atoms with Gasteiger partial charge < -0.3 is 10.4 Å². The predicted octanol–water partition coefficient (Wildman–Crippen LogP) is 3.89. The van der Waals surface area contributed by atoms with Gasteiger partial charge in [-0.25, -0.2) is 13.4 Å². The second-order valence-electron chi connectivity index (χ2n) is 6.54. The molecule has 0 spiro atoms. The van der Waals surface area contributed by atoms with Crippen LogP contribution in [0, 0.1) is 0 Å². The summed E-state index contributed by atoms with van der Waals surface area (Å²) in [5.41, 5.74) is 1.40. The molecule has 0 unspecified atom stereocenters. The number of sulfonamides is 1. The lowest BCUT2D eigenvalue weighted by molar-refractivity contribution is -0.113. The first kappa shape index (κ1) is 20.4. The zero-order chi connectivity index (χ0) is 21.5. The number of aliphatic hydroxyl groups is 1. The molecule has 1 amide bonds. The summed E-state index contributed by atoms with van der Waals surface area (Å²) in [5, 5.41) is 13.2. The van der Waals surface area contributed by atoms with Gasteiger partial charge in [0, 0.05) is 19.2 Å². The molecule has 0 bridgehead atoms. The number of nitrogens with zero attached hydrogens (tertiary/aromatic N) is 2. The summed E-state index contributed by atoms with van der Waals surface area (Å²) in [5.74, 6) is -0.996. The minimum atomic E-state index is -4.01. The molecule has 0 atom stereocenters. The SMILES string of the molecule is CN1C(C(=O)Nc2cccc(Cc3ccccc3)n2)=C(O)c2sc(Cl)cc2S1(=O)=O. The number of likely N-dealkylation sites (N-methyl/N-ethyl adjacent to an activating group) is 1. The first-order chi connectivity index (χ1) is 14.3. The minimum absolute atomic E-state index is 0.0361. The maximum Gasteiger partial charge on any atom is 0.278 e. The normalized spacial score (nSPS) is 15.1. The molecule has 0 saturated heterocycles. The number of aromatic nitrogens is 1. The summed E-state index contributed by atoms with van der Waals surface area (Å²) < 4.78 is 26.4. The van der Waals surface area contributed by atoms with Gasteiger partial charge in [-0.15, -0.1) is 11.3 Å². The van der Waals surface area contributed by atoms with Gasteiger partial charge in [0.15, 0.2) is 11.5 Å². The molecule has 1 aliphatic rings. The molecule has 4 rings (SSSR count). The second-order valence-corrected chi connectivity index (χ2v) is 10.2. The lowest BCUT2D eigenvalue weighted by atomic mass is 10.1. The highest BCUT2D eigenvalue weighted by atomic mass is 35.5. The monoisotopic (exact) mass is 461 g/mol. The topological polar surface area (TPSA) is 99.6 Å². The van der Waals surface area contributed by atoms with Crippen molar-refractivity contribution >= 4 is 50.4 Å². The molecule has 10 heteroatoms. The number of pyridine rings is 1. The summed E-state index contributed by atoms with van der Waals surface area (Å²) >= 11 is 6.81. The third kappa shape index (κ3) is 3.67. The van der Waals surface area contributed by atoms with E-state index in [1.54, 1.807) is 12.1 Å². The van der Waals surface area contributed by atoms with Gasteiger partial charge in [0.05, 0.1) is 9.21 Å². The van der Waals surface area contributed by atoms with Gasteiger partial charge in [-0.05, 0) is 23.8 Å². The number of carbonyl (C=O) groups excluding carboxylic acids is 1. The van der Waals surface area contributed by atoms with Crippen LogP contribution in [-0.2, 0) is 21.2 Å². The molecule has 3 heterocycles. The van der Waals surface area contributed by atoms with Crippen LogP contribution in [0.3, 0.4) is 0 Å². The summed E-state index contributed by atoms with van der Waals surface area (Å²) in [6.07, 6.45) is 0.573. The van der Waals surface area contributed by atoms with Gasteiger partial charge in [-0.3, -0.25) is 9.10 Å². The molecule has 0 saturated carbocycles. The fraction of sp³-hybridized carbons (Fsp3) is 0.100. The average Bonchev–Trinajstić information content (AvgIpc) is 3.11. The van der Waals surface area contributed by atoms with E-state index in [2.05, 4.69) is 10.3 Å². The van der Waals surface area contributed by atoms with E-state index in [1.807, 2.05) is 36.4 Å². The van der Waals surface area contributed by atoms with E-state index in [1.165, 1.54) is 13.1 Å². The Balaban J connectivity index is 1.63. The van der Waals surface area contributed by atoms with Crippen molar-refractivity contribution in [2.75, 3.05) is 12.4 Å². The Morgan fingerprint density at radius 2 is 1.93 bits per heavy atom. The molecule has 1 aliphatic heterocycles. The first-order valence-corrected chi connectivity index (χ1v) is 11.4. The highest BCUT2D eigenvalue weighted by Crippen LogP contribution is 2.41. The fourth-order valence-electron chi connectivity index (χ4n) is 3.11. The number of nitrogens with one attached hydrogen (secondary N) is 1. The largest absolute Gasteiger partial charge is 0.504 e. The van der Waals surface area contributed by atoms with Crippen LogP contribution in [0.5, 0.6) is 0 Å². The highest BCUT2D eigenvalue weighted by molar-refractivity contribution is 7.89. The van der Waals surface area contributed by atoms with E-state index in [9.17, 15) is 18.3 Å². The van der Waals surface area contributed by atoms with Crippen molar-refractivity contribution in [2.24, 2.45) is 0 Å². The quantitative estimate of drug-likeness (QED) is 0.614. The number of benzene rings is 1. The van der Waals surface area contributed by atoms with Crippen molar-refractivity contribution in [1.82, 2.24) is 9.29 Å². The number of amides is 1. The minimum Gasteiger partial charge on any atom is -0.504 e. The number of carbonyl (C=O) groups is 1. The number of anilines is 1. The van der Waals surface area contributed by atoms with E-state index in [-0.39, 0.29) is 19.9 Å². The van der Waals surface area contributed by atoms with Crippen molar-refractivity contribution in [2.45, 2.75) is 11.3 Å². The molecular formula is C20H16ClN3O4S2. The Morgan fingerprint density at radius 1 is 1.20 bits per heavy atom. The number of hydrogen-bond donors (Lipinski definition) is 2. The Morgan fingerprint density at radius 3 is 2.67 bits per heavy atom. The van der Waals surface area contributed by atoms with Crippen molar-refractivity contribution in [1.29, 1.82) is 0 Å². The summed E-state index contributed by atoms with van der Waals surface area (Å²) in [6, 6.07) is 16.2. The average molecular weight is 462 g/mol. The first-order valence-electron chi connectivity index (χ1n) is 8.80. The number of thiophene rings is 1. The maximum absolute atomic E-state index is 12.9. The number of halogens is 1. The lowest BCUT2D eigenvalue weighted by Gasteiger charge is -2.26. The van der Waals surface area contributed by atoms with Crippen LogP contribution in [0.1, 0.15) is 16.1 Å². The van der Waals surface area contributed by atoms with Gasteiger partial charge in [0.2, 0.25) is 0 Å². The smallest absolute Gasteiger partial charge is 0.278 e. The van der Waals surface area contributed by atoms with Crippen molar-refractivity contribution in [3.05, 3.63) is 80.8 Å². The Labute approximate surface area is 182 Å². The van der Waals surface area contributed by atoms with Gasteiger partial charge in [0.1, 0.15) is 10.7 Å². The van der Waals surface area contributed by atoms with Crippen molar-refractivity contribution in [3.8, 4) is 0 Å².